The van der Waals surface area contributed by atoms with Crippen LogP contribution in [0.5, 0.6) is 0 Å². The molecule has 0 aliphatic rings. The number of aryl methyl sites for hydroxylation is 1. The van der Waals surface area contributed by atoms with Gasteiger partial charge in [-0.2, -0.15) is 0 Å². The molecule has 1 rings (SSSR count). The zero-order valence-corrected chi connectivity index (χ0v) is 12.6. The number of unbranched alkanes of at least 4 members (excludes halogenated alkanes) is 1. The Morgan fingerprint density at radius 3 is 2.35 bits per heavy atom. The zero-order chi connectivity index (χ0) is 15.0. The molecular weight excluding hydrogens is 252 g/mol. The average molecular weight is 276 g/mol. The maximum Gasteiger partial charge on any atom is 0.313 e. The molecule has 0 amide bonds. The minimum absolute atomic E-state index is 0.0958. The van der Waals surface area contributed by atoms with Gasteiger partial charge in [0.25, 0.3) is 0 Å². The summed E-state index contributed by atoms with van der Waals surface area (Å²) < 4.78 is 4.84. The maximum atomic E-state index is 11.8. The van der Waals surface area contributed by atoms with Crippen LogP contribution in [-0.4, -0.2) is 18.9 Å². The molecule has 1 unspecified atom stereocenters. The number of carbonyl (C=O) groups is 2. The van der Waals surface area contributed by atoms with E-state index in [2.05, 4.69) is 19.1 Å². The third-order valence-corrected chi connectivity index (χ3v) is 3.47. The number of ketones is 1. The smallest absolute Gasteiger partial charge is 0.313 e. The number of methoxy groups -OCH3 is 1. The molecule has 0 saturated heterocycles. The van der Waals surface area contributed by atoms with Crippen LogP contribution in [0.15, 0.2) is 24.3 Å². The average Bonchev–Trinajstić information content (AvgIpc) is 2.45. The molecule has 0 bridgehead atoms. The molecule has 1 atom stereocenters. The van der Waals surface area contributed by atoms with E-state index in [1.807, 2.05) is 12.1 Å². The fourth-order valence-corrected chi connectivity index (χ4v) is 2.21. The third kappa shape index (κ3) is 5.16. The number of esters is 1. The second kappa shape index (κ2) is 8.51. The van der Waals surface area contributed by atoms with E-state index in [4.69, 9.17) is 4.74 Å². The highest BCUT2D eigenvalue weighted by Gasteiger charge is 2.21. The Kier molecular flexibility index (Phi) is 6.99. The standard InChI is InChI=1S/C17H24O3/c1-4-5-6-14-8-10-15(11-9-14)16(17(19)20-3)12-7-13(2)18/h8-11,16H,4-7,12H2,1-3H3. The minimum Gasteiger partial charge on any atom is -0.469 e. The Morgan fingerprint density at radius 1 is 1.20 bits per heavy atom. The van der Waals surface area contributed by atoms with Crippen molar-refractivity contribution >= 4 is 11.8 Å². The van der Waals surface area contributed by atoms with Gasteiger partial charge in [0.05, 0.1) is 13.0 Å². The second-order valence-corrected chi connectivity index (χ2v) is 5.16. The summed E-state index contributed by atoms with van der Waals surface area (Å²) in [5, 5.41) is 0. The number of hydrogen-bond acceptors (Lipinski definition) is 3. The lowest BCUT2D eigenvalue weighted by atomic mass is 9.92. The fraction of sp³-hybridized carbons (Fsp3) is 0.529. The van der Waals surface area contributed by atoms with Crippen LogP contribution in [0, 0.1) is 0 Å². The van der Waals surface area contributed by atoms with Gasteiger partial charge in [-0.1, -0.05) is 37.6 Å². The van der Waals surface area contributed by atoms with Crippen LogP contribution < -0.4 is 0 Å². The van der Waals surface area contributed by atoms with E-state index in [0.29, 0.717) is 12.8 Å². The molecule has 110 valence electrons. The number of carbonyl (C=O) groups excluding carboxylic acids is 2. The highest BCUT2D eigenvalue weighted by molar-refractivity contribution is 5.80. The molecule has 0 spiro atoms. The molecule has 0 heterocycles. The van der Waals surface area contributed by atoms with Crippen molar-refractivity contribution in [2.24, 2.45) is 0 Å². The van der Waals surface area contributed by atoms with Gasteiger partial charge >= 0.3 is 5.97 Å². The topological polar surface area (TPSA) is 43.4 Å². The summed E-state index contributed by atoms with van der Waals surface area (Å²) >= 11 is 0. The second-order valence-electron chi connectivity index (χ2n) is 5.16. The molecule has 0 aliphatic carbocycles. The van der Waals surface area contributed by atoms with E-state index in [-0.39, 0.29) is 17.7 Å². The Morgan fingerprint density at radius 2 is 1.85 bits per heavy atom. The number of ether oxygens (including phenoxy) is 1. The lowest BCUT2D eigenvalue weighted by Crippen LogP contribution is -2.15. The van der Waals surface area contributed by atoms with Crippen LogP contribution in [0.25, 0.3) is 0 Å². The van der Waals surface area contributed by atoms with Crippen molar-refractivity contribution in [3.63, 3.8) is 0 Å². The van der Waals surface area contributed by atoms with E-state index < -0.39 is 0 Å². The third-order valence-electron chi connectivity index (χ3n) is 3.47. The molecule has 1 aromatic carbocycles. The van der Waals surface area contributed by atoms with Crippen LogP contribution in [0.2, 0.25) is 0 Å². The quantitative estimate of drug-likeness (QED) is 0.681. The first-order valence-corrected chi connectivity index (χ1v) is 7.24. The highest BCUT2D eigenvalue weighted by Crippen LogP contribution is 2.24. The SMILES string of the molecule is CCCCc1ccc(C(CCC(C)=O)C(=O)OC)cc1. The predicted octanol–water partition coefficient (Wildman–Crippen LogP) is 3.66. The molecule has 20 heavy (non-hydrogen) atoms. The van der Waals surface area contributed by atoms with Crippen molar-refractivity contribution in [1.29, 1.82) is 0 Å². The van der Waals surface area contributed by atoms with Crippen LogP contribution in [0.3, 0.4) is 0 Å². The van der Waals surface area contributed by atoms with Crippen LogP contribution in [0.1, 0.15) is 56.6 Å². The van der Waals surface area contributed by atoms with Crippen LogP contribution in [0.4, 0.5) is 0 Å². The lowest BCUT2D eigenvalue weighted by molar-refractivity contribution is -0.142. The number of hydrogen-bond donors (Lipinski definition) is 0. The van der Waals surface area contributed by atoms with Crippen LogP contribution >= 0.6 is 0 Å². The normalized spacial score (nSPS) is 11.9. The lowest BCUT2D eigenvalue weighted by Gasteiger charge is -2.15. The monoisotopic (exact) mass is 276 g/mol. The molecular formula is C17H24O3. The molecule has 0 N–H and O–H groups in total. The summed E-state index contributed by atoms with van der Waals surface area (Å²) in [5.41, 5.74) is 2.21. The van der Waals surface area contributed by atoms with Crippen molar-refractivity contribution in [1.82, 2.24) is 0 Å². The largest absolute Gasteiger partial charge is 0.469 e. The molecule has 0 saturated carbocycles. The molecule has 0 radical (unpaired) electrons. The van der Waals surface area contributed by atoms with E-state index in [1.54, 1.807) is 6.92 Å². The molecule has 1 aromatic rings. The minimum atomic E-state index is -0.343. The number of Topliss-reactive ketones (excluding diaryl/α,β-unsaturated/α-hetero) is 1. The van der Waals surface area contributed by atoms with E-state index in [9.17, 15) is 9.59 Å². The van der Waals surface area contributed by atoms with Crippen LogP contribution in [-0.2, 0) is 20.7 Å². The van der Waals surface area contributed by atoms with E-state index in [1.165, 1.54) is 25.5 Å². The Bertz CT molecular complexity index is 434. The molecule has 3 nitrogen and oxygen atoms in total. The van der Waals surface area contributed by atoms with Crippen molar-refractivity contribution in [2.45, 2.75) is 51.9 Å². The maximum absolute atomic E-state index is 11.8. The Balaban J connectivity index is 2.79. The molecule has 0 aliphatic heterocycles. The van der Waals surface area contributed by atoms with Gasteiger partial charge in [-0.3, -0.25) is 4.79 Å². The van der Waals surface area contributed by atoms with E-state index >= 15 is 0 Å². The first kappa shape index (κ1) is 16.4. The van der Waals surface area contributed by atoms with Crippen molar-refractivity contribution in [3.05, 3.63) is 35.4 Å². The summed E-state index contributed by atoms with van der Waals surface area (Å²) in [6, 6.07) is 8.09. The Hall–Kier alpha value is -1.64. The van der Waals surface area contributed by atoms with Gasteiger partial charge in [0.1, 0.15) is 5.78 Å². The molecule has 3 heteroatoms. The van der Waals surface area contributed by atoms with Gasteiger partial charge in [0.15, 0.2) is 0 Å². The van der Waals surface area contributed by atoms with E-state index in [0.717, 1.165) is 12.0 Å². The Labute approximate surface area is 121 Å². The highest BCUT2D eigenvalue weighted by atomic mass is 16.5. The summed E-state index contributed by atoms with van der Waals surface area (Å²) in [7, 11) is 1.39. The fourth-order valence-electron chi connectivity index (χ4n) is 2.21. The van der Waals surface area contributed by atoms with Gasteiger partial charge in [-0.15, -0.1) is 0 Å². The summed E-state index contributed by atoms with van der Waals surface area (Å²) in [6.45, 7) is 3.71. The first-order chi connectivity index (χ1) is 9.58. The zero-order valence-electron chi connectivity index (χ0n) is 12.6. The molecule has 0 fully saturated rings. The summed E-state index contributed by atoms with van der Waals surface area (Å²) in [6.07, 6.45) is 4.32. The first-order valence-electron chi connectivity index (χ1n) is 7.24. The number of rotatable bonds is 8. The van der Waals surface area contributed by atoms with Crippen molar-refractivity contribution in [2.75, 3.05) is 7.11 Å². The van der Waals surface area contributed by atoms with Gasteiger partial charge in [-0.25, -0.2) is 0 Å². The number of benzene rings is 1. The predicted molar refractivity (Wildman–Crippen MR) is 79.7 cm³/mol. The summed E-state index contributed by atoms with van der Waals surface area (Å²) in [5.74, 6) is -0.518. The van der Waals surface area contributed by atoms with Gasteiger partial charge in [0.2, 0.25) is 0 Å². The molecule has 0 aromatic heterocycles. The summed E-state index contributed by atoms with van der Waals surface area (Å²) in [4.78, 5) is 23.0. The van der Waals surface area contributed by atoms with Gasteiger partial charge < -0.3 is 9.53 Å². The van der Waals surface area contributed by atoms with Gasteiger partial charge in [-0.05, 0) is 37.3 Å². The van der Waals surface area contributed by atoms with Crippen molar-refractivity contribution < 1.29 is 14.3 Å². The van der Waals surface area contributed by atoms with Gasteiger partial charge in [0, 0.05) is 6.42 Å². The van der Waals surface area contributed by atoms with Crippen molar-refractivity contribution in [3.8, 4) is 0 Å².